The first-order chi connectivity index (χ1) is 6.42. The van der Waals surface area contributed by atoms with Crippen molar-refractivity contribution in [1.29, 1.82) is 0 Å². The van der Waals surface area contributed by atoms with Gasteiger partial charge >= 0.3 is 0 Å². The second kappa shape index (κ2) is 3.01. The van der Waals surface area contributed by atoms with Gasteiger partial charge in [-0.25, -0.2) is 4.98 Å². The SMILES string of the molecule is C1CC(Sc2n[nH]c(C3CC3)n2)C1. The van der Waals surface area contributed by atoms with Crippen molar-refractivity contribution >= 4 is 11.8 Å². The molecule has 1 N–H and O–H groups in total. The fraction of sp³-hybridized carbons (Fsp3) is 0.778. The maximum Gasteiger partial charge on any atom is 0.208 e. The van der Waals surface area contributed by atoms with E-state index >= 15 is 0 Å². The van der Waals surface area contributed by atoms with Gasteiger partial charge < -0.3 is 0 Å². The highest BCUT2D eigenvalue weighted by Gasteiger charge is 2.28. The monoisotopic (exact) mass is 195 g/mol. The number of H-pyrrole nitrogens is 1. The van der Waals surface area contributed by atoms with Gasteiger partial charge in [0.05, 0.1) is 0 Å². The summed E-state index contributed by atoms with van der Waals surface area (Å²) >= 11 is 1.84. The summed E-state index contributed by atoms with van der Waals surface area (Å²) in [5.41, 5.74) is 0. The summed E-state index contributed by atoms with van der Waals surface area (Å²) in [5.74, 6) is 1.81. The Bertz CT molecular complexity index is 302. The summed E-state index contributed by atoms with van der Waals surface area (Å²) in [6.07, 6.45) is 6.67. The zero-order chi connectivity index (χ0) is 8.67. The molecule has 0 aromatic carbocycles. The van der Waals surface area contributed by atoms with E-state index in [4.69, 9.17) is 0 Å². The first-order valence-corrected chi connectivity index (χ1v) is 5.89. The van der Waals surface area contributed by atoms with Crippen LogP contribution in [0.3, 0.4) is 0 Å². The number of nitrogens with zero attached hydrogens (tertiary/aromatic N) is 2. The van der Waals surface area contributed by atoms with Crippen LogP contribution in [0.25, 0.3) is 0 Å². The standard InChI is InChI=1S/C9H13N3S/c1-2-7(3-1)13-9-10-8(11-12-9)6-4-5-6/h6-7H,1-5H2,(H,10,11,12). The van der Waals surface area contributed by atoms with Gasteiger partial charge in [0.25, 0.3) is 0 Å². The second-order valence-corrected chi connectivity index (χ2v) is 5.22. The number of hydrogen-bond acceptors (Lipinski definition) is 3. The van der Waals surface area contributed by atoms with Gasteiger partial charge in [-0.2, -0.15) is 0 Å². The number of aromatic amines is 1. The van der Waals surface area contributed by atoms with Crippen molar-refractivity contribution < 1.29 is 0 Å². The Morgan fingerprint density at radius 3 is 2.69 bits per heavy atom. The van der Waals surface area contributed by atoms with Crippen LogP contribution >= 0.6 is 11.8 Å². The topological polar surface area (TPSA) is 41.6 Å². The van der Waals surface area contributed by atoms with E-state index in [1.165, 1.54) is 32.1 Å². The Balaban J connectivity index is 1.66. The molecule has 0 bridgehead atoms. The zero-order valence-corrected chi connectivity index (χ0v) is 8.31. The largest absolute Gasteiger partial charge is 0.262 e. The minimum absolute atomic E-state index is 0.697. The molecule has 0 aliphatic heterocycles. The van der Waals surface area contributed by atoms with Crippen LogP contribution in [0.15, 0.2) is 5.16 Å². The van der Waals surface area contributed by atoms with E-state index in [1.807, 2.05) is 11.8 Å². The molecule has 2 aliphatic rings. The summed E-state index contributed by atoms with van der Waals surface area (Å²) in [5, 5.41) is 9.02. The maximum absolute atomic E-state index is 4.49. The fourth-order valence-electron chi connectivity index (χ4n) is 1.49. The lowest BCUT2D eigenvalue weighted by Crippen LogP contribution is -2.12. The smallest absolute Gasteiger partial charge is 0.208 e. The fourth-order valence-corrected chi connectivity index (χ4v) is 2.60. The van der Waals surface area contributed by atoms with E-state index in [1.54, 1.807) is 0 Å². The quantitative estimate of drug-likeness (QED) is 0.804. The third-order valence-electron chi connectivity index (χ3n) is 2.77. The lowest BCUT2D eigenvalue weighted by atomic mass is 10.0. The van der Waals surface area contributed by atoms with Gasteiger partial charge in [0.15, 0.2) is 0 Å². The molecule has 3 rings (SSSR count). The van der Waals surface area contributed by atoms with Gasteiger partial charge in [-0.1, -0.05) is 18.2 Å². The summed E-state index contributed by atoms with van der Waals surface area (Å²) < 4.78 is 0. The Hall–Kier alpha value is -0.510. The first-order valence-electron chi connectivity index (χ1n) is 5.01. The molecule has 1 aromatic heterocycles. The van der Waals surface area contributed by atoms with Crippen LogP contribution in [0.2, 0.25) is 0 Å². The summed E-state index contributed by atoms with van der Waals surface area (Å²) in [4.78, 5) is 4.49. The molecule has 1 heterocycles. The summed E-state index contributed by atoms with van der Waals surface area (Å²) in [6.45, 7) is 0. The molecule has 70 valence electrons. The van der Waals surface area contributed by atoms with Crippen molar-refractivity contribution in [2.45, 2.75) is 48.4 Å². The highest BCUT2D eigenvalue weighted by Crippen LogP contribution is 2.39. The molecule has 0 radical (unpaired) electrons. The second-order valence-electron chi connectivity index (χ2n) is 3.95. The van der Waals surface area contributed by atoms with Crippen molar-refractivity contribution in [1.82, 2.24) is 15.2 Å². The van der Waals surface area contributed by atoms with E-state index in [0.29, 0.717) is 5.92 Å². The number of thioether (sulfide) groups is 1. The van der Waals surface area contributed by atoms with Gasteiger partial charge in [0.1, 0.15) is 5.82 Å². The molecule has 0 atom stereocenters. The van der Waals surface area contributed by atoms with Gasteiger partial charge in [0, 0.05) is 11.2 Å². The van der Waals surface area contributed by atoms with Crippen LogP contribution in [-0.2, 0) is 0 Å². The lowest BCUT2D eigenvalue weighted by Gasteiger charge is -2.22. The van der Waals surface area contributed by atoms with Gasteiger partial charge in [-0.05, 0) is 25.7 Å². The highest BCUT2D eigenvalue weighted by molar-refractivity contribution is 7.99. The predicted molar refractivity (Wildman–Crippen MR) is 51.9 cm³/mol. The average Bonchev–Trinajstić information content (AvgIpc) is 2.80. The van der Waals surface area contributed by atoms with E-state index < -0.39 is 0 Å². The average molecular weight is 195 g/mol. The highest BCUT2D eigenvalue weighted by atomic mass is 32.2. The first kappa shape index (κ1) is 7.85. The summed E-state index contributed by atoms with van der Waals surface area (Å²) in [7, 11) is 0. The number of aromatic nitrogens is 3. The van der Waals surface area contributed by atoms with Crippen LogP contribution in [0.1, 0.15) is 43.8 Å². The molecule has 1 aromatic rings. The molecule has 0 saturated heterocycles. The van der Waals surface area contributed by atoms with Crippen molar-refractivity contribution in [3.63, 3.8) is 0 Å². The van der Waals surface area contributed by atoms with E-state index in [-0.39, 0.29) is 0 Å². The molecule has 0 amide bonds. The number of nitrogens with one attached hydrogen (secondary N) is 1. The van der Waals surface area contributed by atoms with Gasteiger partial charge in [-0.3, -0.25) is 5.10 Å². The van der Waals surface area contributed by atoms with Crippen molar-refractivity contribution in [3.8, 4) is 0 Å². The van der Waals surface area contributed by atoms with E-state index in [2.05, 4.69) is 15.2 Å². The van der Waals surface area contributed by atoms with E-state index in [9.17, 15) is 0 Å². The van der Waals surface area contributed by atoms with Crippen LogP contribution in [-0.4, -0.2) is 20.4 Å². The Kier molecular flexibility index (Phi) is 1.82. The predicted octanol–water partition coefficient (Wildman–Crippen LogP) is 2.33. The minimum atomic E-state index is 0.697. The van der Waals surface area contributed by atoms with Crippen LogP contribution in [0, 0.1) is 0 Å². The van der Waals surface area contributed by atoms with Crippen molar-refractivity contribution in [2.24, 2.45) is 0 Å². The van der Waals surface area contributed by atoms with Crippen LogP contribution in [0.4, 0.5) is 0 Å². The molecule has 2 saturated carbocycles. The molecule has 2 fully saturated rings. The Morgan fingerprint density at radius 2 is 2.08 bits per heavy atom. The molecule has 0 unspecified atom stereocenters. The third kappa shape index (κ3) is 1.59. The van der Waals surface area contributed by atoms with Gasteiger partial charge in [0.2, 0.25) is 5.16 Å². The molecule has 3 nitrogen and oxygen atoms in total. The number of hydrogen-bond donors (Lipinski definition) is 1. The van der Waals surface area contributed by atoms with Crippen LogP contribution < -0.4 is 0 Å². The molecule has 2 aliphatic carbocycles. The molecular weight excluding hydrogens is 182 g/mol. The third-order valence-corrected chi connectivity index (χ3v) is 3.97. The van der Waals surface area contributed by atoms with Gasteiger partial charge in [-0.15, -0.1) is 5.10 Å². The maximum atomic E-state index is 4.49. The summed E-state index contributed by atoms with van der Waals surface area (Å²) in [6, 6.07) is 0. The van der Waals surface area contributed by atoms with Crippen molar-refractivity contribution in [2.75, 3.05) is 0 Å². The van der Waals surface area contributed by atoms with Crippen LogP contribution in [0.5, 0.6) is 0 Å². The minimum Gasteiger partial charge on any atom is -0.262 e. The van der Waals surface area contributed by atoms with E-state index in [0.717, 1.165) is 16.2 Å². The molecular formula is C9H13N3S. The Labute approximate surface area is 81.7 Å². The molecule has 0 spiro atoms. The lowest BCUT2D eigenvalue weighted by molar-refractivity contribution is 0.521. The molecule has 4 heteroatoms. The Morgan fingerprint density at radius 1 is 1.23 bits per heavy atom. The van der Waals surface area contributed by atoms with Crippen molar-refractivity contribution in [3.05, 3.63) is 5.82 Å². The zero-order valence-electron chi connectivity index (χ0n) is 7.49. The molecule has 13 heavy (non-hydrogen) atoms. The number of rotatable bonds is 3. The normalized spacial score (nSPS) is 23.1.